The van der Waals surface area contributed by atoms with Crippen molar-refractivity contribution < 1.29 is 19.1 Å². The number of hydrogen-bond acceptors (Lipinski definition) is 6. The number of nitrogens with zero attached hydrogens (tertiary/aromatic N) is 2. The van der Waals surface area contributed by atoms with Crippen molar-refractivity contribution in [2.24, 2.45) is 0 Å². The van der Waals surface area contributed by atoms with E-state index >= 15 is 0 Å². The highest BCUT2D eigenvalue weighted by molar-refractivity contribution is 6.31. The molecule has 1 aliphatic heterocycles. The van der Waals surface area contributed by atoms with Crippen molar-refractivity contribution in [3.63, 3.8) is 0 Å². The number of nitrogens with one attached hydrogen (secondary N) is 2. The van der Waals surface area contributed by atoms with Crippen molar-refractivity contribution in [2.45, 2.75) is 45.3 Å². The van der Waals surface area contributed by atoms with Crippen molar-refractivity contribution in [2.75, 3.05) is 33.3 Å². The highest BCUT2D eigenvalue weighted by atomic mass is 35.5. The number of rotatable bonds is 5. The molecule has 2 rings (SSSR count). The van der Waals surface area contributed by atoms with E-state index in [4.69, 9.17) is 16.3 Å². The maximum atomic E-state index is 12.5. The number of imide groups is 1. The molecule has 0 saturated carbocycles. The molecule has 0 radical (unpaired) electrons. The fourth-order valence-corrected chi connectivity index (χ4v) is 3.66. The van der Waals surface area contributed by atoms with Gasteiger partial charge in [0.1, 0.15) is 6.04 Å². The van der Waals surface area contributed by atoms with Crippen LogP contribution in [0.25, 0.3) is 0 Å². The van der Waals surface area contributed by atoms with Crippen molar-refractivity contribution in [3.8, 4) is 0 Å². The highest BCUT2D eigenvalue weighted by Gasteiger charge is 2.34. The van der Waals surface area contributed by atoms with Crippen LogP contribution < -0.4 is 10.6 Å². The number of hydrogen-bond donors (Lipinski definition) is 2. The molecule has 1 saturated heterocycles. The molecule has 0 bridgehead atoms. The van der Waals surface area contributed by atoms with E-state index in [0.29, 0.717) is 36.8 Å². The Bertz CT molecular complexity index is 773. The molecule has 0 aliphatic carbocycles. The molecule has 1 heterocycles. The van der Waals surface area contributed by atoms with Gasteiger partial charge in [0, 0.05) is 36.7 Å². The Hall–Kier alpha value is -2.16. The van der Waals surface area contributed by atoms with E-state index in [9.17, 15) is 14.4 Å². The highest BCUT2D eigenvalue weighted by Crippen LogP contribution is 2.29. The molecule has 3 amide bonds. The van der Waals surface area contributed by atoms with Crippen LogP contribution in [0, 0.1) is 0 Å². The summed E-state index contributed by atoms with van der Waals surface area (Å²) in [5, 5.41) is 5.61. The largest absolute Gasteiger partial charge is 0.468 e. The number of carbonyl (C=O) groups excluding carboxylic acids is 3. The van der Waals surface area contributed by atoms with Gasteiger partial charge in [0.05, 0.1) is 13.2 Å². The Morgan fingerprint density at radius 1 is 1.07 bits per heavy atom. The molecule has 9 heteroatoms. The summed E-state index contributed by atoms with van der Waals surface area (Å²) in [6.07, 6.45) is 0. The van der Waals surface area contributed by atoms with Gasteiger partial charge in [-0.05, 0) is 39.3 Å². The molecule has 0 unspecified atom stereocenters. The summed E-state index contributed by atoms with van der Waals surface area (Å²) in [7, 11) is 1.36. The number of carbonyl (C=O) groups is 3. The summed E-state index contributed by atoms with van der Waals surface area (Å²) in [5.41, 5.74) is 0.269. The first-order valence-electron chi connectivity index (χ1n) is 9.97. The number of halogens is 1. The standard InChI is InChI=1S/C21H31ClN4O4/c1-14(18(27)23-20(29)24-21(2,3)4)25-10-12-26(13-11-25)17(19(28)30-5)15-8-6-7-9-16(15)22/h6-9,14,17H,10-13H2,1-5H3,(H2,23,24,27,29)/t14-,17-/m1/s1. The SMILES string of the molecule is COC(=O)[C@@H](c1ccccc1Cl)N1CCN([C@H](C)C(=O)NC(=O)NC(C)(C)C)CC1. The Morgan fingerprint density at radius 3 is 2.17 bits per heavy atom. The maximum Gasteiger partial charge on any atom is 0.327 e. The molecule has 30 heavy (non-hydrogen) atoms. The zero-order valence-electron chi connectivity index (χ0n) is 18.2. The van der Waals surface area contributed by atoms with Gasteiger partial charge in [-0.1, -0.05) is 29.8 Å². The van der Waals surface area contributed by atoms with E-state index < -0.39 is 23.7 Å². The van der Waals surface area contributed by atoms with Gasteiger partial charge in [0.15, 0.2) is 0 Å². The predicted octanol–water partition coefficient (Wildman–Crippen LogP) is 2.18. The predicted molar refractivity (Wildman–Crippen MR) is 115 cm³/mol. The van der Waals surface area contributed by atoms with Crippen molar-refractivity contribution >= 4 is 29.5 Å². The average Bonchev–Trinajstić information content (AvgIpc) is 2.67. The molecule has 8 nitrogen and oxygen atoms in total. The van der Waals surface area contributed by atoms with Crippen LogP contribution in [-0.4, -0.2) is 72.6 Å². The van der Waals surface area contributed by atoms with Crippen molar-refractivity contribution in [1.82, 2.24) is 20.4 Å². The number of piperazine rings is 1. The van der Waals surface area contributed by atoms with Crippen LogP contribution >= 0.6 is 11.6 Å². The minimum absolute atomic E-state index is 0.360. The Balaban J connectivity index is 2.00. The van der Waals surface area contributed by atoms with Gasteiger partial charge in [-0.3, -0.25) is 19.9 Å². The van der Waals surface area contributed by atoms with Gasteiger partial charge in [-0.25, -0.2) is 9.59 Å². The van der Waals surface area contributed by atoms with Crippen LogP contribution in [0.2, 0.25) is 5.02 Å². The molecule has 2 N–H and O–H groups in total. The van der Waals surface area contributed by atoms with Crippen LogP contribution in [0.5, 0.6) is 0 Å². The van der Waals surface area contributed by atoms with E-state index in [1.165, 1.54) is 7.11 Å². The smallest absolute Gasteiger partial charge is 0.327 e. The third-order valence-electron chi connectivity index (χ3n) is 4.99. The molecule has 166 valence electrons. The Labute approximate surface area is 182 Å². The lowest BCUT2D eigenvalue weighted by Crippen LogP contribution is -2.57. The Kier molecular flexibility index (Phi) is 8.23. The number of urea groups is 1. The lowest BCUT2D eigenvalue weighted by molar-refractivity contribution is -0.148. The van der Waals surface area contributed by atoms with E-state index in [2.05, 4.69) is 10.6 Å². The molecule has 1 fully saturated rings. The molecular weight excluding hydrogens is 408 g/mol. The van der Waals surface area contributed by atoms with Crippen molar-refractivity contribution in [3.05, 3.63) is 34.9 Å². The second-order valence-electron chi connectivity index (χ2n) is 8.39. The Morgan fingerprint density at radius 2 is 1.63 bits per heavy atom. The van der Waals surface area contributed by atoms with Gasteiger partial charge in [-0.2, -0.15) is 0 Å². The lowest BCUT2D eigenvalue weighted by atomic mass is 10.0. The molecule has 0 spiro atoms. The minimum atomic E-state index is -0.604. The van der Waals surface area contributed by atoms with Gasteiger partial charge in [0.25, 0.3) is 0 Å². The fraction of sp³-hybridized carbons (Fsp3) is 0.571. The maximum absolute atomic E-state index is 12.5. The van der Waals surface area contributed by atoms with Crippen LogP contribution in [-0.2, 0) is 14.3 Å². The summed E-state index contributed by atoms with van der Waals surface area (Å²) >= 11 is 6.32. The van der Waals surface area contributed by atoms with E-state index in [1.54, 1.807) is 13.0 Å². The van der Waals surface area contributed by atoms with E-state index in [0.717, 1.165) is 0 Å². The van der Waals surface area contributed by atoms with Gasteiger partial charge in [-0.15, -0.1) is 0 Å². The molecule has 1 aliphatic rings. The molecule has 1 aromatic carbocycles. The summed E-state index contributed by atoms with van der Waals surface area (Å²) in [5.74, 6) is -0.734. The third-order valence-corrected chi connectivity index (χ3v) is 5.33. The first-order valence-corrected chi connectivity index (χ1v) is 10.3. The fourth-order valence-electron chi connectivity index (χ4n) is 3.42. The summed E-state index contributed by atoms with van der Waals surface area (Å²) in [6.45, 7) is 9.53. The number of benzene rings is 1. The van der Waals surface area contributed by atoms with Crippen molar-refractivity contribution in [1.29, 1.82) is 0 Å². The van der Waals surface area contributed by atoms with E-state index in [1.807, 2.05) is 48.8 Å². The van der Waals surface area contributed by atoms with E-state index in [-0.39, 0.29) is 11.9 Å². The van der Waals surface area contributed by atoms with Gasteiger partial charge in [0.2, 0.25) is 5.91 Å². The van der Waals surface area contributed by atoms with Crippen LogP contribution in [0.4, 0.5) is 4.79 Å². The number of methoxy groups -OCH3 is 1. The monoisotopic (exact) mass is 438 g/mol. The number of esters is 1. The summed E-state index contributed by atoms with van der Waals surface area (Å²) in [6, 6.07) is 5.62. The molecule has 0 aromatic heterocycles. The molecule has 1 aromatic rings. The first kappa shape index (κ1) is 24.1. The third kappa shape index (κ3) is 6.42. The van der Waals surface area contributed by atoms with Crippen LogP contribution in [0.3, 0.4) is 0 Å². The second kappa shape index (κ2) is 10.2. The second-order valence-corrected chi connectivity index (χ2v) is 8.80. The van der Waals surface area contributed by atoms with Gasteiger partial charge >= 0.3 is 12.0 Å². The lowest BCUT2D eigenvalue weighted by Gasteiger charge is -2.40. The zero-order chi connectivity index (χ0) is 22.5. The normalized spacial score (nSPS) is 17.7. The number of amides is 3. The topological polar surface area (TPSA) is 91.0 Å². The van der Waals surface area contributed by atoms with Gasteiger partial charge < -0.3 is 10.1 Å². The number of ether oxygens (including phenoxy) is 1. The summed E-state index contributed by atoms with van der Waals surface area (Å²) < 4.78 is 5.01. The quantitative estimate of drug-likeness (QED) is 0.685. The summed E-state index contributed by atoms with van der Waals surface area (Å²) in [4.78, 5) is 40.9. The zero-order valence-corrected chi connectivity index (χ0v) is 19.0. The molecular formula is C21H31ClN4O4. The van der Waals surface area contributed by atoms with Crippen LogP contribution in [0.15, 0.2) is 24.3 Å². The van der Waals surface area contributed by atoms with Crippen LogP contribution in [0.1, 0.15) is 39.3 Å². The minimum Gasteiger partial charge on any atom is -0.468 e. The molecule has 2 atom stereocenters. The first-order chi connectivity index (χ1) is 14.0. The average molecular weight is 439 g/mol.